The molecule has 0 aromatic carbocycles. The van der Waals surface area contributed by atoms with Crippen LogP contribution in [-0.2, 0) is 13.6 Å². The zero-order valence-electron chi connectivity index (χ0n) is 10.1. The van der Waals surface area contributed by atoms with Crippen molar-refractivity contribution < 1.29 is 18.3 Å². The van der Waals surface area contributed by atoms with Crippen LogP contribution in [-0.4, -0.2) is 44.7 Å². The molecule has 0 bridgehead atoms. The third-order valence-electron chi connectivity index (χ3n) is 3.38. The highest BCUT2D eigenvalue weighted by atomic mass is 19.4. The number of halogens is 3. The summed E-state index contributed by atoms with van der Waals surface area (Å²) in [4.78, 5) is 1.90. The molecule has 0 unspecified atom stereocenters. The van der Waals surface area contributed by atoms with Crippen molar-refractivity contribution in [2.75, 3.05) is 13.1 Å². The van der Waals surface area contributed by atoms with E-state index in [0.29, 0.717) is 6.54 Å². The first-order valence-electron chi connectivity index (χ1n) is 5.79. The first-order valence-corrected chi connectivity index (χ1v) is 5.79. The molecule has 0 saturated carbocycles. The van der Waals surface area contributed by atoms with Crippen LogP contribution in [0.4, 0.5) is 13.2 Å². The van der Waals surface area contributed by atoms with Gasteiger partial charge >= 0.3 is 6.18 Å². The molecule has 1 saturated heterocycles. The summed E-state index contributed by atoms with van der Waals surface area (Å²) in [6, 6.07) is 0. The Bertz CT molecular complexity index is 408. The smallest absolute Gasteiger partial charge is 0.380 e. The van der Waals surface area contributed by atoms with E-state index < -0.39 is 11.8 Å². The van der Waals surface area contributed by atoms with Crippen LogP contribution in [0.5, 0.6) is 0 Å². The van der Waals surface area contributed by atoms with Crippen LogP contribution in [0.15, 0.2) is 12.4 Å². The zero-order valence-corrected chi connectivity index (χ0v) is 10.1. The minimum Gasteiger partial charge on any atom is -0.380 e. The number of alkyl halides is 3. The molecular weight excluding hydrogens is 247 g/mol. The van der Waals surface area contributed by atoms with Crippen molar-refractivity contribution in [1.29, 1.82) is 0 Å². The van der Waals surface area contributed by atoms with E-state index in [1.807, 2.05) is 11.1 Å². The largest absolute Gasteiger partial charge is 0.417 e. The normalized spacial score (nSPS) is 21.2. The van der Waals surface area contributed by atoms with Gasteiger partial charge in [-0.15, -0.1) is 0 Å². The predicted octanol–water partition coefficient (Wildman–Crippen LogP) is 1.31. The molecule has 4 nitrogen and oxygen atoms in total. The van der Waals surface area contributed by atoms with Gasteiger partial charge in [0.05, 0.1) is 6.20 Å². The van der Waals surface area contributed by atoms with Crippen LogP contribution in [0.1, 0.15) is 18.4 Å². The van der Waals surface area contributed by atoms with Gasteiger partial charge in [-0.05, 0) is 12.8 Å². The van der Waals surface area contributed by atoms with Gasteiger partial charge in [0.15, 0.2) is 5.60 Å². The lowest BCUT2D eigenvalue weighted by atomic mass is 9.90. The summed E-state index contributed by atoms with van der Waals surface area (Å²) in [5.41, 5.74) is -1.55. The highest BCUT2D eigenvalue weighted by molar-refractivity contribution is 5.04. The molecule has 1 aromatic heterocycles. The summed E-state index contributed by atoms with van der Waals surface area (Å²) in [6.45, 7) is 1.05. The number of likely N-dealkylation sites (tertiary alicyclic amines) is 1. The average molecular weight is 263 g/mol. The third kappa shape index (κ3) is 2.67. The minimum atomic E-state index is -4.53. The van der Waals surface area contributed by atoms with E-state index in [2.05, 4.69) is 5.10 Å². The van der Waals surface area contributed by atoms with E-state index in [-0.39, 0.29) is 25.9 Å². The number of rotatable bonds is 2. The van der Waals surface area contributed by atoms with Gasteiger partial charge in [0.2, 0.25) is 0 Å². The number of aliphatic hydroxyl groups is 1. The molecule has 2 rings (SSSR count). The molecule has 1 aliphatic rings. The van der Waals surface area contributed by atoms with Gasteiger partial charge in [0.25, 0.3) is 0 Å². The number of piperidine rings is 1. The second kappa shape index (κ2) is 4.55. The Morgan fingerprint density at radius 2 is 2.00 bits per heavy atom. The maximum Gasteiger partial charge on any atom is 0.417 e. The second-order valence-electron chi connectivity index (χ2n) is 4.83. The first-order chi connectivity index (χ1) is 8.30. The van der Waals surface area contributed by atoms with Crippen molar-refractivity contribution >= 4 is 0 Å². The van der Waals surface area contributed by atoms with E-state index in [4.69, 9.17) is 0 Å². The van der Waals surface area contributed by atoms with E-state index in [0.717, 1.165) is 5.56 Å². The van der Waals surface area contributed by atoms with Crippen molar-refractivity contribution in [1.82, 2.24) is 14.7 Å². The third-order valence-corrected chi connectivity index (χ3v) is 3.38. The van der Waals surface area contributed by atoms with Gasteiger partial charge < -0.3 is 5.11 Å². The molecule has 0 spiro atoms. The Kier molecular flexibility index (Phi) is 3.37. The van der Waals surface area contributed by atoms with Gasteiger partial charge in [-0.1, -0.05) is 0 Å². The number of hydrogen-bond acceptors (Lipinski definition) is 3. The van der Waals surface area contributed by atoms with Crippen molar-refractivity contribution in [3.05, 3.63) is 18.0 Å². The van der Waals surface area contributed by atoms with E-state index in [1.54, 1.807) is 17.9 Å². The second-order valence-corrected chi connectivity index (χ2v) is 4.83. The Hall–Kier alpha value is -1.08. The van der Waals surface area contributed by atoms with Gasteiger partial charge in [-0.25, -0.2) is 0 Å². The van der Waals surface area contributed by atoms with Crippen LogP contribution in [0.3, 0.4) is 0 Å². The van der Waals surface area contributed by atoms with Gasteiger partial charge in [0.1, 0.15) is 0 Å². The first kappa shape index (κ1) is 13.4. The Morgan fingerprint density at radius 1 is 1.39 bits per heavy atom. The Morgan fingerprint density at radius 3 is 2.44 bits per heavy atom. The van der Waals surface area contributed by atoms with Gasteiger partial charge in [-0.3, -0.25) is 9.58 Å². The quantitative estimate of drug-likeness (QED) is 0.874. The molecule has 7 heteroatoms. The predicted molar refractivity (Wildman–Crippen MR) is 58.7 cm³/mol. The number of aryl methyl sites for hydroxylation is 1. The fourth-order valence-electron chi connectivity index (χ4n) is 2.18. The molecule has 1 N–H and O–H groups in total. The van der Waals surface area contributed by atoms with Crippen LogP contribution in [0.2, 0.25) is 0 Å². The van der Waals surface area contributed by atoms with Crippen molar-refractivity contribution in [3.8, 4) is 0 Å². The topological polar surface area (TPSA) is 41.3 Å². The fourth-order valence-corrected chi connectivity index (χ4v) is 2.18. The summed E-state index contributed by atoms with van der Waals surface area (Å²) >= 11 is 0. The van der Waals surface area contributed by atoms with Crippen LogP contribution >= 0.6 is 0 Å². The van der Waals surface area contributed by atoms with E-state index in [9.17, 15) is 18.3 Å². The zero-order chi connectivity index (χ0) is 13.4. The molecule has 0 atom stereocenters. The van der Waals surface area contributed by atoms with Crippen LogP contribution in [0.25, 0.3) is 0 Å². The number of nitrogens with zero attached hydrogens (tertiary/aromatic N) is 3. The molecule has 1 aromatic rings. The molecule has 2 heterocycles. The monoisotopic (exact) mass is 263 g/mol. The number of hydrogen-bond donors (Lipinski definition) is 1. The molecule has 1 fully saturated rings. The van der Waals surface area contributed by atoms with Gasteiger partial charge in [-0.2, -0.15) is 18.3 Å². The lowest BCUT2D eigenvalue weighted by Gasteiger charge is -2.38. The molecule has 102 valence electrons. The highest BCUT2D eigenvalue weighted by Crippen LogP contribution is 2.38. The van der Waals surface area contributed by atoms with Crippen molar-refractivity contribution in [2.45, 2.75) is 31.2 Å². The summed E-state index contributed by atoms with van der Waals surface area (Å²) in [5.74, 6) is 0. The maximum atomic E-state index is 12.6. The van der Waals surface area contributed by atoms with Crippen molar-refractivity contribution in [3.63, 3.8) is 0 Å². The number of aromatic nitrogens is 2. The maximum absolute atomic E-state index is 12.6. The average Bonchev–Trinajstić information content (AvgIpc) is 2.66. The Balaban J connectivity index is 1.91. The molecule has 0 radical (unpaired) electrons. The molecule has 1 aliphatic heterocycles. The lowest BCUT2D eigenvalue weighted by Crippen LogP contribution is -2.53. The highest BCUT2D eigenvalue weighted by Gasteiger charge is 2.54. The molecule has 0 aliphatic carbocycles. The molecule has 0 amide bonds. The lowest BCUT2D eigenvalue weighted by molar-refractivity contribution is -0.272. The van der Waals surface area contributed by atoms with Crippen LogP contribution < -0.4 is 0 Å². The van der Waals surface area contributed by atoms with Gasteiger partial charge in [0, 0.05) is 38.4 Å². The Labute approximate surface area is 103 Å². The SMILES string of the molecule is Cn1cc(CN2CCC(O)(C(F)(F)F)CC2)cn1. The van der Waals surface area contributed by atoms with Crippen LogP contribution in [0, 0.1) is 0 Å². The summed E-state index contributed by atoms with van der Waals surface area (Å²) in [7, 11) is 1.79. The van der Waals surface area contributed by atoms with E-state index >= 15 is 0 Å². The summed E-state index contributed by atoms with van der Waals surface area (Å²) in [5, 5.41) is 13.5. The fraction of sp³-hybridized carbons (Fsp3) is 0.727. The minimum absolute atomic E-state index is 0.241. The molecule has 18 heavy (non-hydrogen) atoms. The molecular formula is C11H16F3N3O. The summed E-state index contributed by atoms with van der Waals surface area (Å²) in [6.07, 6.45) is -1.53. The summed E-state index contributed by atoms with van der Waals surface area (Å²) < 4.78 is 39.5. The standard InChI is InChI=1S/C11H16F3N3O/c1-16-7-9(6-15-16)8-17-4-2-10(18,3-5-17)11(12,13)14/h6-7,18H,2-5,8H2,1H3. The van der Waals surface area contributed by atoms with E-state index in [1.165, 1.54) is 0 Å². The van der Waals surface area contributed by atoms with Crippen molar-refractivity contribution in [2.24, 2.45) is 7.05 Å².